The predicted molar refractivity (Wildman–Crippen MR) is 143 cm³/mol. The normalized spacial score (nSPS) is 14.1. The number of halogens is 5. The van der Waals surface area contributed by atoms with Crippen molar-refractivity contribution in [3.63, 3.8) is 0 Å². The average Bonchev–Trinajstić information content (AvgIpc) is 3.74. The molecule has 3 aromatic carbocycles. The third-order valence-corrected chi connectivity index (χ3v) is 7.09. The summed E-state index contributed by atoms with van der Waals surface area (Å²) in [7, 11) is 1.67. The van der Waals surface area contributed by atoms with Gasteiger partial charge in [0.2, 0.25) is 5.91 Å². The Bertz CT molecular complexity index is 1640. The topological polar surface area (TPSA) is 96.0 Å². The summed E-state index contributed by atoms with van der Waals surface area (Å²) in [5.41, 5.74) is -0.839. The number of hydrogen-bond acceptors (Lipinski definition) is 5. The lowest BCUT2D eigenvalue weighted by molar-refractivity contribution is -0.192. The number of nitrogens with one attached hydrogen (secondary N) is 3. The van der Waals surface area contributed by atoms with Crippen molar-refractivity contribution >= 4 is 45.8 Å². The van der Waals surface area contributed by atoms with Gasteiger partial charge in [0.1, 0.15) is 17.1 Å². The Morgan fingerprint density at radius 1 is 1.02 bits per heavy atom. The molecule has 0 bridgehead atoms. The van der Waals surface area contributed by atoms with Crippen molar-refractivity contribution in [1.29, 1.82) is 0 Å². The highest BCUT2D eigenvalue weighted by Gasteiger charge is 2.68. The lowest BCUT2D eigenvalue weighted by Crippen LogP contribution is -2.40. The molecule has 2 amide bonds. The summed E-state index contributed by atoms with van der Waals surface area (Å²) in [6.07, 6.45) is -5.10. The van der Waals surface area contributed by atoms with Gasteiger partial charge in [-0.3, -0.25) is 9.59 Å². The minimum Gasteiger partial charge on any atom is -0.373 e. The van der Waals surface area contributed by atoms with Crippen molar-refractivity contribution in [2.45, 2.75) is 25.6 Å². The highest BCUT2D eigenvalue weighted by molar-refractivity contribution is 6.34. The van der Waals surface area contributed by atoms with Crippen LogP contribution in [0.5, 0.6) is 0 Å². The van der Waals surface area contributed by atoms with E-state index >= 15 is 0 Å². The van der Waals surface area contributed by atoms with Gasteiger partial charge in [-0.25, -0.2) is 14.4 Å². The monoisotopic (exact) mass is 571 g/mol. The first-order valence-corrected chi connectivity index (χ1v) is 12.6. The number of fused-ring (bicyclic) bond motifs is 1. The second kappa shape index (κ2) is 10.4. The largest absolute Gasteiger partial charge is 0.403 e. The van der Waals surface area contributed by atoms with Crippen LogP contribution >= 0.6 is 11.6 Å². The maximum Gasteiger partial charge on any atom is 0.403 e. The lowest BCUT2D eigenvalue weighted by atomic mass is 10.1. The number of amides is 2. The molecule has 4 aromatic rings. The van der Waals surface area contributed by atoms with Gasteiger partial charge in [0, 0.05) is 24.7 Å². The molecule has 0 unspecified atom stereocenters. The van der Waals surface area contributed by atoms with E-state index in [1.807, 2.05) is 0 Å². The zero-order chi connectivity index (χ0) is 28.7. The third kappa shape index (κ3) is 5.16. The Hall–Kier alpha value is -4.25. The SMILES string of the molecule is CNc1nc(-c2ccccc2F)nc2cc(NC(=O)c3cc(CNC(=O)C4(C(F)(F)F)CC4)ccc3Cl)ccc12. The smallest absolute Gasteiger partial charge is 0.373 e. The number of nitrogens with zero attached hydrogens (tertiary/aromatic N) is 2. The van der Waals surface area contributed by atoms with Gasteiger partial charge in [0.25, 0.3) is 5.91 Å². The van der Waals surface area contributed by atoms with Crippen LogP contribution in [0.4, 0.5) is 29.1 Å². The molecule has 206 valence electrons. The van der Waals surface area contributed by atoms with Crippen molar-refractivity contribution in [2.24, 2.45) is 5.41 Å². The fourth-order valence-corrected chi connectivity index (χ4v) is 4.53. The van der Waals surface area contributed by atoms with E-state index in [1.54, 1.807) is 43.4 Å². The van der Waals surface area contributed by atoms with Crippen LogP contribution < -0.4 is 16.0 Å². The predicted octanol–water partition coefficient (Wildman–Crippen LogP) is 6.34. The zero-order valence-corrected chi connectivity index (χ0v) is 21.8. The van der Waals surface area contributed by atoms with Gasteiger partial charge in [-0.05, 0) is 60.9 Å². The van der Waals surface area contributed by atoms with Gasteiger partial charge < -0.3 is 16.0 Å². The molecule has 1 aliphatic carbocycles. The summed E-state index contributed by atoms with van der Waals surface area (Å²) in [6.45, 7) is -0.202. The Labute approximate surface area is 231 Å². The molecule has 1 aliphatic rings. The van der Waals surface area contributed by atoms with Gasteiger partial charge in [0.15, 0.2) is 5.82 Å². The molecule has 1 aromatic heterocycles. The van der Waals surface area contributed by atoms with Crippen molar-refractivity contribution in [3.05, 3.63) is 82.6 Å². The minimum atomic E-state index is -4.61. The summed E-state index contributed by atoms with van der Waals surface area (Å²) in [4.78, 5) is 34.2. The lowest BCUT2D eigenvalue weighted by Gasteiger charge is -2.18. The summed E-state index contributed by atoms with van der Waals surface area (Å²) in [5, 5.41) is 8.77. The van der Waals surface area contributed by atoms with Crippen LogP contribution in [0.15, 0.2) is 60.7 Å². The number of rotatable bonds is 7. The molecule has 12 heteroatoms. The second-order valence-electron chi connectivity index (χ2n) is 9.39. The first-order valence-electron chi connectivity index (χ1n) is 12.2. The van der Waals surface area contributed by atoms with Gasteiger partial charge in [-0.1, -0.05) is 29.8 Å². The van der Waals surface area contributed by atoms with E-state index in [0.29, 0.717) is 28.0 Å². The Kier molecular flexibility index (Phi) is 7.09. The van der Waals surface area contributed by atoms with E-state index in [9.17, 15) is 27.2 Å². The van der Waals surface area contributed by atoms with Crippen molar-refractivity contribution in [3.8, 4) is 11.4 Å². The van der Waals surface area contributed by atoms with Crippen LogP contribution in [0.3, 0.4) is 0 Å². The fraction of sp³-hybridized carbons (Fsp3) is 0.214. The molecule has 0 spiro atoms. The Morgan fingerprint density at radius 2 is 1.77 bits per heavy atom. The minimum absolute atomic E-state index is 0.0658. The van der Waals surface area contributed by atoms with Gasteiger partial charge in [-0.15, -0.1) is 0 Å². The molecule has 1 saturated carbocycles. The third-order valence-electron chi connectivity index (χ3n) is 6.76. The van der Waals surface area contributed by atoms with Gasteiger partial charge in [0.05, 0.1) is 21.7 Å². The molecule has 5 rings (SSSR count). The quantitative estimate of drug-likeness (QED) is 0.225. The molecule has 1 heterocycles. The number of alkyl halides is 3. The first-order chi connectivity index (χ1) is 19.0. The van der Waals surface area contributed by atoms with E-state index in [-0.39, 0.29) is 41.4 Å². The van der Waals surface area contributed by atoms with E-state index in [1.165, 1.54) is 24.3 Å². The molecular formula is C28H22ClF4N5O2. The summed E-state index contributed by atoms with van der Waals surface area (Å²) < 4.78 is 54.0. The van der Waals surface area contributed by atoms with E-state index < -0.39 is 29.2 Å². The molecule has 0 aliphatic heterocycles. The molecule has 1 fully saturated rings. The number of aromatic nitrogens is 2. The van der Waals surface area contributed by atoms with Crippen molar-refractivity contribution < 1.29 is 27.2 Å². The summed E-state index contributed by atoms with van der Waals surface area (Å²) >= 11 is 6.24. The van der Waals surface area contributed by atoms with Crippen LogP contribution in [0.1, 0.15) is 28.8 Å². The number of carbonyl (C=O) groups is 2. The van der Waals surface area contributed by atoms with Gasteiger partial charge in [-0.2, -0.15) is 13.2 Å². The highest BCUT2D eigenvalue weighted by atomic mass is 35.5. The number of hydrogen-bond donors (Lipinski definition) is 3. The first kappa shape index (κ1) is 27.3. The summed E-state index contributed by atoms with van der Waals surface area (Å²) in [6, 6.07) is 15.4. The number of carbonyl (C=O) groups excluding carboxylic acids is 2. The van der Waals surface area contributed by atoms with Crippen molar-refractivity contribution in [2.75, 3.05) is 17.7 Å². The molecule has 0 radical (unpaired) electrons. The van der Waals surface area contributed by atoms with Crippen molar-refractivity contribution in [1.82, 2.24) is 15.3 Å². The molecule has 0 atom stereocenters. The van der Waals surface area contributed by atoms with Gasteiger partial charge >= 0.3 is 6.18 Å². The van der Waals surface area contributed by atoms with Crippen LogP contribution in [-0.2, 0) is 11.3 Å². The Balaban J connectivity index is 1.37. The molecule has 40 heavy (non-hydrogen) atoms. The summed E-state index contributed by atoms with van der Waals surface area (Å²) in [5.74, 6) is -1.52. The molecule has 7 nitrogen and oxygen atoms in total. The number of benzene rings is 3. The van der Waals surface area contributed by atoms with E-state index in [2.05, 4.69) is 25.9 Å². The number of anilines is 2. The standard InChI is InChI=1S/C28H22ClF4N5O2/c1-34-23-18-8-7-16(13-22(18)37-24(38-23)17-4-2-3-5-21(17)30)36-25(39)19-12-15(6-9-20(19)29)14-35-26(40)27(10-11-27)28(31,32)33/h2-9,12-13H,10-11,14H2,1H3,(H,35,40)(H,36,39)(H,34,37,38). The molecular weight excluding hydrogens is 550 g/mol. The Morgan fingerprint density at radius 3 is 2.45 bits per heavy atom. The maximum atomic E-state index is 14.4. The van der Waals surface area contributed by atoms with E-state index in [4.69, 9.17) is 11.6 Å². The van der Waals surface area contributed by atoms with Crippen LogP contribution in [-0.4, -0.2) is 35.0 Å². The van der Waals surface area contributed by atoms with Crippen LogP contribution in [0, 0.1) is 11.2 Å². The highest BCUT2D eigenvalue weighted by Crippen LogP contribution is 2.57. The van der Waals surface area contributed by atoms with Crippen LogP contribution in [0.25, 0.3) is 22.3 Å². The van der Waals surface area contributed by atoms with Crippen LogP contribution in [0.2, 0.25) is 5.02 Å². The maximum absolute atomic E-state index is 14.4. The van der Waals surface area contributed by atoms with E-state index in [0.717, 1.165) is 0 Å². The average molecular weight is 572 g/mol. The molecule has 3 N–H and O–H groups in total. The second-order valence-corrected chi connectivity index (χ2v) is 9.80. The molecule has 0 saturated heterocycles. The fourth-order valence-electron chi connectivity index (χ4n) is 4.33. The zero-order valence-electron chi connectivity index (χ0n) is 21.0.